The number of hydrogen-bond donors (Lipinski definition) is 0. The summed E-state index contributed by atoms with van der Waals surface area (Å²) in [6.45, 7) is 1.85. The number of rotatable bonds is 4. The second-order valence-electron chi connectivity index (χ2n) is 5.60. The minimum atomic E-state index is -0.422. The summed E-state index contributed by atoms with van der Waals surface area (Å²) in [4.78, 5) is 28.2. The molecule has 5 nitrogen and oxygen atoms in total. The van der Waals surface area contributed by atoms with Gasteiger partial charge in [0.15, 0.2) is 22.5 Å². The van der Waals surface area contributed by atoms with Gasteiger partial charge in [0, 0.05) is 17.0 Å². The van der Waals surface area contributed by atoms with Gasteiger partial charge in [0.25, 0.3) is 5.22 Å². The molecule has 0 amide bonds. The van der Waals surface area contributed by atoms with Crippen molar-refractivity contribution >= 4 is 39.6 Å². The first-order chi connectivity index (χ1) is 12.1. The molecule has 0 atom stereocenters. The summed E-state index contributed by atoms with van der Waals surface area (Å²) in [5, 5.41) is 1.19. The van der Waals surface area contributed by atoms with Gasteiger partial charge in [0.1, 0.15) is 0 Å². The maximum atomic E-state index is 12.2. The first kappa shape index (κ1) is 15.7. The van der Waals surface area contributed by atoms with Crippen LogP contribution < -0.4 is 5.63 Å². The third-order valence-corrected chi connectivity index (χ3v) is 4.71. The Labute approximate surface area is 146 Å². The zero-order valence-corrected chi connectivity index (χ0v) is 14.1. The van der Waals surface area contributed by atoms with E-state index in [0.717, 1.165) is 10.9 Å². The lowest BCUT2D eigenvalue weighted by Gasteiger charge is -1.99. The molecule has 4 rings (SSSR count). The Hall–Kier alpha value is -2.86. The summed E-state index contributed by atoms with van der Waals surface area (Å²) >= 11 is 1.22. The van der Waals surface area contributed by atoms with E-state index < -0.39 is 5.63 Å². The summed E-state index contributed by atoms with van der Waals surface area (Å²) in [6.07, 6.45) is 0. The van der Waals surface area contributed by atoms with Gasteiger partial charge in [0.05, 0.1) is 5.75 Å². The minimum absolute atomic E-state index is 0.0000839. The summed E-state index contributed by atoms with van der Waals surface area (Å²) in [7, 11) is 0. The summed E-state index contributed by atoms with van der Waals surface area (Å²) in [6, 6.07) is 14.2. The number of carbonyl (C=O) groups excluding carboxylic acids is 1. The van der Waals surface area contributed by atoms with Crippen LogP contribution in [0.2, 0.25) is 0 Å². The summed E-state index contributed by atoms with van der Waals surface area (Å²) < 4.78 is 11.0. The molecule has 0 fully saturated rings. The monoisotopic (exact) mass is 351 g/mol. The van der Waals surface area contributed by atoms with Crippen molar-refractivity contribution in [1.82, 2.24) is 4.98 Å². The van der Waals surface area contributed by atoms with Crippen LogP contribution in [-0.2, 0) is 0 Å². The van der Waals surface area contributed by atoms with E-state index in [2.05, 4.69) is 4.98 Å². The second kappa shape index (κ2) is 6.22. The molecule has 0 saturated carbocycles. The lowest BCUT2D eigenvalue weighted by molar-refractivity contribution is 0.102. The number of nitrogens with zero attached hydrogens (tertiary/aromatic N) is 1. The lowest BCUT2D eigenvalue weighted by Crippen LogP contribution is -2.01. The van der Waals surface area contributed by atoms with Gasteiger partial charge in [0.2, 0.25) is 0 Å². The van der Waals surface area contributed by atoms with Crippen molar-refractivity contribution < 1.29 is 13.6 Å². The smallest absolute Gasteiger partial charge is 0.336 e. The highest BCUT2D eigenvalue weighted by Crippen LogP contribution is 2.30. The number of hydrogen-bond acceptors (Lipinski definition) is 6. The largest absolute Gasteiger partial charge is 0.431 e. The molecular weight excluding hydrogens is 338 g/mol. The minimum Gasteiger partial charge on any atom is -0.431 e. The van der Waals surface area contributed by atoms with E-state index in [1.807, 2.05) is 31.2 Å². The van der Waals surface area contributed by atoms with Crippen LogP contribution >= 0.6 is 11.8 Å². The lowest BCUT2D eigenvalue weighted by atomic mass is 10.1. The summed E-state index contributed by atoms with van der Waals surface area (Å²) in [5.74, 6) is 0.220. The van der Waals surface area contributed by atoms with Gasteiger partial charge in [-0.15, -0.1) is 0 Å². The Bertz CT molecular complexity index is 1140. The maximum Gasteiger partial charge on any atom is 0.336 e. The van der Waals surface area contributed by atoms with Crippen LogP contribution in [0.4, 0.5) is 0 Å². The van der Waals surface area contributed by atoms with Crippen molar-refractivity contribution in [3.63, 3.8) is 0 Å². The van der Waals surface area contributed by atoms with Gasteiger partial charge >= 0.3 is 5.63 Å². The molecule has 0 radical (unpaired) electrons. The first-order valence-electron chi connectivity index (χ1n) is 7.67. The van der Waals surface area contributed by atoms with Gasteiger partial charge < -0.3 is 8.83 Å². The fourth-order valence-electron chi connectivity index (χ4n) is 2.64. The number of oxazole rings is 1. The van der Waals surface area contributed by atoms with Gasteiger partial charge in [-0.2, -0.15) is 4.98 Å². The number of carbonyl (C=O) groups is 1. The predicted octanol–water partition coefficient (Wildman–Crippen LogP) is 4.22. The molecule has 0 unspecified atom stereocenters. The van der Waals surface area contributed by atoms with E-state index in [1.54, 1.807) is 18.2 Å². The number of fused-ring (bicyclic) bond motifs is 3. The van der Waals surface area contributed by atoms with Gasteiger partial charge in [-0.05, 0) is 24.6 Å². The van der Waals surface area contributed by atoms with E-state index in [4.69, 9.17) is 8.83 Å². The van der Waals surface area contributed by atoms with Gasteiger partial charge in [-0.1, -0.05) is 42.1 Å². The first-order valence-corrected chi connectivity index (χ1v) is 8.65. The highest BCUT2D eigenvalue weighted by Gasteiger charge is 2.15. The predicted molar refractivity (Wildman–Crippen MR) is 96.3 cm³/mol. The molecule has 2 aromatic heterocycles. The van der Waals surface area contributed by atoms with Crippen LogP contribution in [0.1, 0.15) is 15.9 Å². The molecule has 0 spiro atoms. The maximum absolute atomic E-state index is 12.2. The van der Waals surface area contributed by atoms with E-state index in [1.165, 1.54) is 17.8 Å². The molecule has 4 aromatic rings. The Morgan fingerprint density at radius 2 is 1.92 bits per heavy atom. The van der Waals surface area contributed by atoms with Gasteiger partial charge in [-0.25, -0.2) is 4.79 Å². The summed E-state index contributed by atoms with van der Waals surface area (Å²) in [5.41, 5.74) is 2.48. The number of ketones is 1. The number of benzene rings is 2. The molecule has 2 aromatic carbocycles. The Morgan fingerprint density at radius 3 is 2.72 bits per heavy atom. The standard InChI is InChI=1S/C19H13NO4S/c1-11-9-16(22)24-18-13(11)7-8-15-17(18)20-19(23-15)25-10-14(21)12-5-3-2-4-6-12/h2-9H,10H2,1H3. The number of Topliss-reactive ketones (excluding diaryl/α,β-unsaturated/α-hetero) is 1. The highest BCUT2D eigenvalue weighted by molar-refractivity contribution is 7.99. The molecule has 0 saturated heterocycles. The third-order valence-electron chi connectivity index (χ3n) is 3.88. The quantitative estimate of drug-likeness (QED) is 0.311. The van der Waals surface area contributed by atoms with Crippen molar-refractivity contribution in [3.05, 3.63) is 70.1 Å². The van der Waals surface area contributed by atoms with Crippen LogP contribution in [0, 0.1) is 6.92 Å². The topological polar surface area (TPSA) is 73.3 Å². The van der Waals surface area contributed by atoms with Crippen molar-refractivity contribution in [3.8, 4) is 0 Å². The molecule has 0 aliphatic carbocycles. The normalized spacial score (nSPS) is 11.2. The van der Waals surface area contributed by atoms with Gasteiger partial charge in [-0.3, -0.25) is 4.79 Å². The Kier molecular flexibility index (Phi) is 3.89. The SMILES string of the molecule is Cc1cc(=O)oc2c1ccc1oc(SCC(=O)c3ccccc3)nc12. The molecule has 124 valence electrons. The molecule has 0 aliphatic heterocycles. The van der Waals surface area contributed by atoms with Crippen LogP contribution in [0.25, 0.3) is 22.1 Å². The van der Waals surface area contributed by atoms with E-state index in [0.29, 0.717) is 27.5 Å². The Balaban J connectivity index is 1.66. The van der Waals surface area contributed by atoms with Crippen LogP contribution in [-0.4, -0.2) is 16.5 Å². The molecule has 0 bridgehead atoms. The van der Waals surface area contributed by atoms with Crippen LogP contribution in [0.5, 0.6) is 0 Å². The van der Waals surface area contributed by atoms with Crippen LogP contribution in [0.3, 0.4) is 0 Å². The average molecular weight is 351 g/mol. The average Bonchev–Trinajstić information content (AvgIpc) is 3.04. The van der Waals surface area contributed by atoms with E-state index in [9.17, 15) is 9.59 Å². The van der Waals surface area contributed by atoms with Crippen molar-refractivity contribution in [2.24, 2.45) is 0 Å². The molecule has 25 heavy (non-hydrogen) atoms. The fourth-order valence-corrected chi connectivity index (χ4v) is 3.37. The van der Waals surface area contributed by atoms with Crippen molar-refractivity contribution in [2.75, 3.05) is 5.75 Å². The third kappa shape index (κ3) is 2.96. The zero-order valence-electron chi connectivity index (χ0n) is 13.3. The van der Waals surface area contributed by atoms with E-state index in [-0.39, 0.29) is 11.5 Å². The molecule has 0 N–H and O–H groups in total. The molecular formula is C19H13NO4S. The Morgan fingerprint density at radius 1 is 1.12 bits per heavy atom. The molecule has 2 heterocycles. The zero-order chi connectivity index (χ0) is 17.4. The highest BCUT2D eigenvalue weighted by atomic mass is 32.2. The van der Waals surface area contributed by atoms with Crippen molar-refractivity contribution in [1.29, 1.82) is 0 Å². The fraction of sp³-hybridized carbons (Fsp3) is 0.105. The number of aromatic nitrogens is 1. The molecule has 6 heteroatoms. The van der Waals surface area contributed by atoms with Crippen LogP contribution in [0.15, 0.2) is 67.4 Å². The van der Waals surface area contributed by atoms with E-state index >= 15 is 0 Å². The number of thioether (sulfide) groups is 1. The second-order valence-corrected chi connectivity index (χ2v) is 6.52. The van der Waals surface area contributed by atoms with Crippen molar-refractivity contribution in [2.45, 2.75) is 12.1 Å². The number of aryl methyl sites for hydroxylation is 1. The molecule has 0 aliphatic rings.